The van der Waals surface area contributed by atoms with Crippen LogP contribution in [0.4, 0.5) is 5.82 Å². The van der Waals surface area contributed by atoms with Crippen LogP contribution < -0.4 is 10.1 Å². The van der Waals surface area contributed by atoms with Gasteiger partial charge in [0.15, 0.2) is 5.82 Å². The molecule has 8 heteroatoms. The van der Waals surface area contributed by atoms with Crippen molar-refractivity contribution in [1.82, 2.24) is 9.78 Å². The van der Waals surface area contributed by atoms with Crippen molar-refractivity contribution < 1.29 is 9.53 Å². The Morgan fingerprint density at radius 3 is 2.56 bits per heavy atom. The zero-order valence-corrected chi connectivity index (χ0v) is 19.9. The summed E-state index contributed by atoms with van der Waals surface area (Å²) in [6, 6.07) is 22.0. The molecule has 162 valence electrons. The Morgan fingerprint density at radius 2 is 1.81 bits per heavy atom. The quantitative estimate of drug-likeness (QED) is 0.285. The summed E-state index contributed by atoms with van der Waals surface area (Å²) >= 11 is 15.6. The molecule has 0 saturated carbocycles. The highest BCUT2D eigenvalue weighted by Gasteiger charge is 2.10. The van der Waals surface area contributed by atoms with E-state index in [-0.39, 0.29) is 5.91 Å². The number of anilines is 1. The van der Waals surface area contributed by atoms with Crippen LogP contribution in [0.2, 0.25) is 10.0 Å². The third kappa shape index (κ3) is 5.71. The second kappa shape index (κ2) is 10.2. The highest BCUT2D eigenvalue weighted by Crippen LogP contribution is 2.25. The van der Waals surface area contributed by atoms with Crippen LogP contribution in [0.15, 0.2) is 83.5 Å². The molecule has 0 fully saturated rings. The predicted molar refractivity (Wildman–Crippen MR) is 131 cm³/mol. The van der Waals surface area contributed by atoms with Gasteiger partial charge in [-0.1, -0.05) is 53.5 Å². The molecule has 5 nitrogen and oxygen atoms in total. The van der Waals surface area contributed by atoms with E-state index in [9.17, 15) is 4.79 Å². The predicted octanol–water partition coefficient (Wildman–Crippen LogP) is 6.83. The summed E-state index contributed by atoms with van der Waals surface area (Å²) in [7, 11) is 0. The van der Waals surface area contributed by atoms with E-state index in [2.05, 4.69) is 26.3 Å². The summed E-state index contributed by atoms with van der Waals surface area (Å²) in [5.74, 6) is 0.990. The van der Waals surface area contributed by atoms with Crippen LogP contribution in [0.1, 0.15) is 21.5 Å². The summed E-state index contributed by atoms with van der Waals surface area (Å²) in [5.41, 5.74) is 2.38. The number of nitrogens with zero attached hydrogens (tertiary/aromatic N) is 2. The first-order chi connectivity index (χ1) is 15.5. The smallest absolute Gasteiger partial charge is 0.256 e. The number of hydrogen-bond acceptors (Lipinski definition) is 3. The monoisotopic (exact) mass is 529 g/mol. The first-order valence-corrected chi connectivity index (χ1v) is 11.3. The van der Waals surface area contributed by atoms with Gasteiger partial charge in [0.05, 0.1) is 11.0 Å². The van der Waals surface area contributed by atoms with E-state index in [1.807, 2.05) is 42.5 Å². The maximum atomic E-state index is 12.6. The van der Waals surface area contributed by atoms with Crippen LogP contribution in [-0.4, -0.2) is 15.7 Å². The molecule has 1 heterocycles. The Labute approximate surface area is 204 Å². The molecule has 0 spiro atoms. The number of ether oxygens (including phenoxy) is 1. The number of benzene rings is 3. The van der Waals surface area contributed by atoms with E-state index in [1.54, 1.807) is 41.2 Å². The normalized spacial score (nSPS) is 10.7. The van der Waals surface area contributed by atoms with Crippen molar-refractivity contribution in [2.45, 2.75) is 13.2 Å². The fourth-order valence-electron chi connectivity index (χ4n) is 3.00. The molecule has 4 aromatic rings. The van der Waals surface area contributed by atoms with Gasteiger partial charge in [-0.3, -0.25) is 9.48 Å². The topological polar surface area (TPSA) is 56.2 Å². The van der Waals surface area contributed by atoms with Gasteiger partial charge in [0.25, 0.3) is 5.91 Å². The highest BCUT2D eigenvalue weighted by molar-refractivity contribution is 9.10. The Kier molecular flexibility index (Phi) is 7.15. The first-order valence-electron chi connectivity index (χ1n) is 9.73. The number of nitrogens with one attached hydrogen (secondary N) is 1. The van der Waals surface area contributed by atoms with E-state index >= 15 is 0 Å². The summed E-state index contributed by atoms with van der Waals surface area (Å²) in [4.78, 5) is 12.6. The summed E-state index contributed by atoms with van der Waals surface area (Å²) in [5, 5.41) is 8.36. The van der Waals surface area contributed by atoms with Crippen LogP contribution in [0.25, 0.3) is 0 Å². The number of carbonyl (C=O) groups is 1. The lowest BCUT2D eigenvalue weighted by atomic mass is 10.1. The summed E-state index contributed by atoms with van der Waals surface area (Å²) in [6.07, 6.45) is 1.78. The molecule has 0 aliphatic heterocycles. The van der Waals surface area contributed by atoms with Crippen molar-refractivity contribution in [3.63, 3.8) is 0 Å². The second-order valence-corrected chi connectivity index (χ2v) is 8.70. The zero-order valence-electron chi connectivity index (χ0n) is 16.8. The van der Waals surface area contributed by atoms with Gasteiger partial charge in [0.2, 0.25) is 0 Å². The third-order valence-electron chi connectivity index (χ3n) is 4.68. The Bertz CT molecular complexity index is 1240. The van der Waals surface area contributed by atoms with E-state index in [0.29, 0.717) is 34.6 Å². The van der Waals surface area contributed by atoms with Gasteiger partial charge in [-0.05, 0) is 63.5 Å². The molecule has 1 aromatic heterocycles. The Hall–Kier alpha value is -2.80. The van der Waals surface area contributed by atoms with Crippen molar-refractivity contribution in [2.75, 3.05) is 5.32 Å². The lowest BCUT2D eigenvalue weighted by Crippen LogP contribution is -2.13. The van der Waals surface area contributed by atoms with Crippen LogP contribution in [0.3, 0.4) is 0 Å². The van der Waals surface area contributed by atoms with Crippen molar-refractivity contribution in [2.24, 2.45) is 0 Å². The third-order valence-corrected chi connectivity index (χ3v) is 5.92. The Balaban J connectivity index is 1.34. The minimum atomic E-state index is -0.238. The number of aromatic nitrogens is 2. The number of rotatable bonds is 7. The van der Waals surface area contributed by atoms with E-state index in [1.165, 1.54) is 0 Å². The fraction of sp³-hybridized carbons (Fsp3) is 0.0833. The van der Waals surface area contributed by atoms with Crippen molar-refractivity contribution >= 4 is 50.9 Å². The lowest BCUT2D eigenvalue weighted by molar-refractivity contribution is 0.102. The molecule has 0 saturated heterocycles. The Morgan fingerprint density at radius 1 is 1.03 bits per heavy atom. The highest BCUT2D eigenvalue weighted by atomic mass is 79.9. The molecule has 0 radical (unpaired) electrons. The van der Waals surface area contributed by atoms with E-state index in [0.717, 1.165) is 21.3 Å². The summed E-state index contributed by atoms with van der Waals surface area (Å²) in [6.45, 7) is 0.875. The average Bonchev–Trinajstić information content (AvgIpc) is 3.22. The van der Waals surface area contributed by atoms with Crippen molar-refractivity contribution in [1.29, 1.82) is 0 Å². The van der Waals surface area contributed by atoms with Gasteiger partial charge in [0, 0.05) is 27.9 Å². The van der Waals surface area contributed by atoms with Gasteiger partial charge in [-0.2, -0.15) is 5.10 Å². The van der Waals surface area contributed by atoms with Crippen LogP contribution >= 0.6 is 39.1 Å². The van der Waals surface area contributed by atoms with Crippen LogP contribution in [0.5, 0.6) is 5.75 Å². The van der Waals surface area contributed by atoms with Crippen LogP contribution in [-0.2, 0) is 13.2 Å². The lowest BCUT2D eigenvalue weighted by Gasteiger charge is -2.09. The van der Waals surface area contributed by atoms with Gasteiger partial charge in [-0.25, -0.2) is 0 Å². The number of halogens is 3. The molecule has 0 atom stereocenters. The first kappa shape index (κ1) is 22.4. The molecule has 32 heavy (non-hydrogen) atoms. The molecule has 1 N–H and O–H groups in total. The number of para-hydroxylation sites is 1. The maximum absolute atomic E-state index is 12.6. The second-order valence-electron chi connectivity index (χ2n) is 7.00. The average molecular weight is 531 g/mol. The SMILES string of the molecule is O=C(Nc1ccn(Cc2ccc(Cl)cc2Cl)n1)c1ccc(COc2ccccc2Br)cc1. The molecular weight excluding hydrogens is 513 g/mol. The summed E-state index contributed by atoms with van der Waals surface area (Å²) < 4.78 is 8.41. The molecule has 0 bridgehead atoms. The van der Waals surface area contributed by atoms with Crippen LogP contribution in [0, 0.1) is 0 Å². The van der Waals surface area contributed by atoms with Crippen molar-refractivity contribution in [3.05, 3.63) is 110 Å². The van der Waals surface area contributed by atoms with Gasteiger partial charge in [0.1, 0.15) is 12.4 Å². The standard InChI is InChI=1S/C24H18BrCl2N3O2/c25-20-3-1-2-4-22(20)32-15-16-5-7-17(8-6-16)24(31)28-23-11-12-30(29-23)14-18-9-10-19(26)13-21(18)27/h1-13H,14-15H2,(H,28,29,31). The van der Waals surface area contributed by atoms with E-state index in [4.69, 9.17) is 27.9 Å². The van der Waals surface area contributed by atoms with Crippen molar-refractivity contribution in [3.8, 4) is 5.75 Å². The van der Waals surface area contributed by atoms with E-state index < -0.39 is 0 Å². The minimum Gasteiger partial charge on any atom is -0.488 e. The maximum Gasteiger partial charge on any atom is 0.256 e. The van der Waals surface area contributed by atoms with Gasteiger partial charge >= 0.3 is 0 Å². The molecule has 3 aromatic carbocycles. The molecule has 1 amide bonds. The van der Waals surface area contributed by atoms with Gasteiger partial charge in [-0.15, -0.1) is 0 Å². The molecule has 0 aliphatic carbocycles. The fourth-order valence-corrected chi connectivity index (χ4v) is 3.87. The largest absolute Gasteiger partial charge is 0.488 e. The molecule has 4 rings (SSSR count). The number of carbonyl (C=O) groups excluding carboxylic acids is 1. The molecular formula is C24H18BrCl2N3O2. The number of hydrogen-bond donors (Lipinski definition) is 1. The minimum absolute atomic E-state index is 0.238. The zero-order chi connectivity index (χ0) is 22.5. The number of amides is 1. The molecule has 0 unspecified atom stereocenters. The van der Waals surface area contributed by atoms with Gasteiger partial charge < -0.3 is 10.1 Å². The molecule has 0 aliphatic rings.